The van der Waals surface area contributed by atoms with E-state index in [1.54, 1.807) is 4.90 Å². The summed E-state index contributed by atoms with van der Waals surface area (Å²) >= 11 is 0. The lowest BCUT2D eigenvalue weighted by Gasteiger charge is -2.36. The molecule has 2 N–H and O–H groups in total. The number of hydrogen-bond acceptors (Lipinski definition) is 3. The molecule has 2 amide bonds. The quantitative estimate of drug-likeness (QED) is 0.862. The van der Waals surface area contributed by atoms with Crippen molar-refractivity contribution in [2.24, 2.45) is 5.92 Å². The number of hydrogen-bond donors (Lipinski definition) is 2. The van der Waals surface area contributed by atoms with Crippen LogP contribution >= 0.6 is 0 Å². The van der Waals surface area contributed by atoms with E-state index in [1.807, 2.05) is 31.2 Å². The zero-order valence-corrected chi connectivity index (χ0v) is 13.5. The van der Waals surface area contributed by atoms with E-state index in [2.05, 4.69) is 5.32 Å². The van der Waals surface area contributed by atoms with Gasteiger partial charge in [-0.1, -0.05) is 29.8 Å². The van der Waals surface area contributed by atoms with E-state index < -0.39 is 5.60 Å². The number of aliphatic hydroxyl groups is 1. The first-order valence-corrected chi connectivity index (χ1v) is 8.29. The summed E-state index contributed by atoms with van der Waals surface area (Å²) in [5, 5.41) is 12.8. The van der Waals surface area contributed by atoms with Crippen LogP contribution < -0.4 is 5.32 Å². The number of benzene rings is 1. The van der Waals surface area contributed by atoms with Gasteiger partial charge >= 0.3 is 0 Å². The van der Waals surface area contributed by atoms with Crippen molar-refractivity contribution in [2.75, 3.05) is 13.1 Å². The van der Waals surface area contributed by atoms with E-state index in [9.17, 15) is 14.7 Å². The second-order valence-electron chi connectivity index (χ2n) is 6.96. The molecule has 0 aromatic heterocycles. The third kappa shape index (κ3) is 3.72. The maximum Gasteiger partial charge on any atom is 0.225 e. The number of likely N-dealkylation sites (tertiary alicyclic amines) is 1. The fourth-order valence-electron chi connectivity index (χ4n) is 3.17. The van der Waals surface area contributed by atoms with Crippen LogP contribution in [0, 0.1) is 12.8 Å². The van der Waals surface area contributed by atoms with E-state index in [1.165, 1.54) is 5.56 Å². The molecule has 1 aromatic carbocycles. The van der Waals surface area contributed by atoms with Gasteiger partial charge in [0.15, 0.2) is 0 Å². The molecule has 5 heteroatoms. The number of rotatable bonds is 5. The highest BCUT2D eigenvalue weighted by atomic mass is 16.3. The topological polar surface area (TPSA) is 69.6 Å². The fourth-order valence-corrected chi connectivity index (χ4v) is 3.17. The monoisotopic (exact) mass is 316 g/mol. The molecule has 1 aliphatic heterocycles. The minimum Gasteiger partial charge on any atom is -0.388 e. The third-order valence-electron chi connectivity index (χ3n) is 4.96. The van der Waals surface area contributed by atoms with Crippen LogP contribution in [-0.4, -0.2) is 40.5 Å². The van der Waals surface area contributed by atoms with Crippen LogP contribution in [0.2, 0.25) is 0 Å². The van der Waals surface area contributed by atoms with Crippen LogP contribution in [0.25, 0.3) is 0 Å². The largest absolute Gasteiger partial charge is 0.388 e. The number of amides is 2. The summed E-state index contributed by atoms with van der Waals surface area (Å²) in [7, 11) is 0. The molecule has 0 bridgehead atoms. The van der Waals surface area contributed by atoms with Crippen molar-refractivity contribution in [3.05, 3.63) is 35.4 Å². The molecule has 1 saturated heterocycles. The van der Waals surface area contributed by atoms with Gasteiger partial charge in [-0.2, -0.15) is 0 Å². The van der Waals surface area contributed by atoms with Crippen LogP contribution in [0.1, 0.15) is 36.8 Å². The summed E-state index contributed by atoms with van der Waals surface area (Å²) in [6.07, 6.45) is 2.77. The Hall–Kier alpha value is -1.88. The van der Waals surface area contributed by atoms with Crippen molar-refractivity contribution >= 4 is 11.8 Å². The van der Waals surface area contributed by atoms with E-state index in [0.29, 0.717) is 19.6 Å². The lowest BCUT2D eigenvalue weighted by atomic mass is 9.80. The van der Waals surface area contributed by atoms with Gasteiger partial charge in [-0.25, -0.2) is 0 Å². The van der Waals surface area contributed by atoms with Crippen LogP contribution in [0.4, 0.5) is 0 Å². The molecule has 0 radical (unpaired) electrons. The maximum atomic E-state index is 12.2. The minimum atomic E-state index is -0.722. The van der Waals surface area contributed by atoms with Crippen LogP contribution in [0.3, 0.4) is 0 Å². The summed E-state index contributed by atoms with van der Waals surface area (Å²) in [6.45, 7) is 3.33. The molecule has 0 spiro atoms. The number of aryl methyl sites for hydroxylation is 1. The zero-order chi connectivity index (χ0) is 16.4. The predicted octanol–water partition coefficient (Wildman–Crippen LogP) is 1.37. The SMILES string of the molecule is Cc1ccc(CN2CC(C(=O)NCC3(O)CCC3)CC2=O)cc1. The highest BCUT2D eigenvalue weighted by Crippen LogP contribution is 2.31. The van der Waals surface area contributed by atoms with Gasteiger partial charge in [-0.3, -0.25) is 9.59 Å². The first-order chi connectivity index (χ1) is 11.0. The lowest BCUT2D eigenvalue weighted by molar-refractivity contribution is -0.129. The van der Waals surface area contributed by atoms with Crippen LogP contribution in [0.15, 0.2) is 24.3 Å². The number of nitrogens with one attached hydrogen (secondary N) is 1. The molecule has 2 aliphatic rings. The number of carbonyl (C=O) groups excluding carboxylic acids is 2. The van der Waals surface area contributed by atoms with Crippen molar-refractivity contribution in [3.8, 4) is 0 Å². The van der Waals surface area contributed by atoms with E-state index in [-0.39, 0.29) is 24.2 Å². The first-order valence-electron chi connectivity index (χ1n) is 8.29. The normalized spacial score (nSPS) is 22.8. The molecule has 1 aliphatic carbocycles. The molecular formula is C18H24N2O3. The number of carbonyl (C=O) groups is 2. The fraction of sp³-hybridized carbons (Fsp3) is 0.556. The summed E-state index contributed by atoms with van der Waals surface area (Å²) in [6, 6.07) is 8.09. The Labute approximate surface area is 136 Å². The average molecular weight is 316 g/mol. The lowest BCUT2D eigenvalue weighted by Crippen LogP contribution is -2.49. The van der Waals surface area contributed by atoms with Crippen molar-refractivity contribution < 1.29 is 14.7 Å². The van der Waals surface area contributed by atoms with Gasteiger partial charge in [0.2, 0.25) is 11.8 Å². The Kier molecular flexibility index (Phi) is 4.39. The first kappa shape index (κ1) is 16.0. The van der Waals surface area contributed by atoms with Gasteiger partial charge in [0.05, 0.1) is 11.5 Å². The predicted molar refractivity (Wildman–Crippen MR) is 86.5 cm³/mol. The average Bonchev–Trinajstić information content (AvgIpc) is 2.86. The second kappa shape index (κ2) is 6.32. The van der Waals surface area contributed by atoms with E-state index >= 15 is 0 Å². The Morgan fingerprint density at radius 1 is 1.35 bits per heavy atom. The molecule has 1 aromatic rings. The van der Waals surface area contributed by atoms with Gasteiger partial charge in [-0.15, -0.1) is 0 Å². The molecule has 2 fully saturated rings. The van der Waals surface area contributed by atoms with Gasteiger partial charge < -0.3 is 15.3 Å². The van der Waals surface area contributed by atoms with Gasteiger partial charge in [0.25, 0.3) is 0 Å². The van der Waals surface area contributed by atoms with Crippen LogP contribution in [0.5, 0.6) is 0 Å². The Morgan fingerprint density at radius 3 is 2.65 bits per heavy atom. The van der Waals surface area contributed by atoms with E-state index in [4.69, 9.17) is 0 Å². The van der Waals surface area contributed by atoms with Gasteiger partial charge in [-0.05, 0) is 31.7 Å². The van der Waals surface area contributed by atoms with E-state index in [0.717, 1.165) is 24.8 Å². The summed E-state index contributed by atoms with van der Waals surface area (Å²) < 4.78 is 0. The summed E-state index contributed by atoms with van der Waals surface area (Å²) in [5.74, 6) is -0.408. The van der Waals surface area contributed by atoms with Gasteiger partial charge in [0.1, 0.15) is 0 Å². The molecule has 1 unspecified atom stereocenters. The Morgan fingerprint density at radius 2 is 2.04 bits per heavy atom. The highest BCUT2D eigenvalue weighted by molar-refractivity contribution is 5.89. The molecule has 1 heterocycles. The third-order valence-corrected chi connectivity index (χ3v) is 4.96. The molecular weight excluding hydrogens is 292 g/mol. The van der Waals surface area contributed by atoms with Crippen molar-refractivity contribution in [1.29, 1.82) is 0 Å². The minimum absolute atomic E-state index is 0.0214. The molecule has 5 nitrogen and oxygen atoms in total. The molecule has 1 saturated carbocycles. The Bertz CT molecular complexity index is 593. The second-order valence-corrected chi connectivity index (χ2v) is 6.96. The smallest absolute Gasteiger partial charge is 0.225 e. The van der Waals surface area contributed by atoms with Crippen molar-refractivity contribution in [1.82, 2.24) is 10.2 Å². The van der Waals surface area contributed by atoms with Crippen LogP contribution in [-0.2, 0) is 16.1 Å². The molecule has 124 valence electrons. The van der Waals surface area contributed by atoms with Crippen molar-refractivity contribution in [3.63, 3.8) is 0 Å². The summed E-state index contributed by atoms with van der Waals surface area (Å²) in [4.78, 5) is 26.1. The Balaban J connectivity index is 1.52. The standard InChI is InChI=1S/C18H24N2O3/c1-13-3-5-14(6-4-13)10-20-11-15(9-16(20)21)17(22)19-12-18(23)7-2-8-18/h3-6,15,23H,2,7-12H2,1H3,(H,19,22). The zero-order valence-electron chi connectivity index (χ0n) is 13.5. The maximum absolute atomic E-state index is 12.2. The highest BCUT2D eigenvalue weighted by Gasteiger charge is 2.37. The van der Waals surface area contributed by atoms with Crippen molar-refractivity contribution in [2.45, 2.75) is 44.8 Å². The number of nitrogens with zero attached hydrogens (tertiary/aromatic N) is 1. The van der Waals surface area contributed by atoms with Gasteiger partial charge in [0, 0.05) is 26.1 Å². The molecule has 23 heavy (non-hydrogen) atoms. The summed E-state index contributed by atoms with van der Waals surface area (Å²) in [5.41, 5.74) is 1.54. The molecule has 3 rings (SSSR count). The molecule has 1 atom stereocenters.